The predicted molar refractivity (Wildman–Crippen MR) is 139 cm³/mol. The normalized spacial score (nSPS) is 14.4. The van der Waals surface area contributed by atoms with Crippen LogP contribution in [-0.2, 0) is 15.6 Å². The van der Waals surface area contributed by atoms with E-state index in [0.29, 0.717) is 16.6 Å². The smallest absolute Gasteiger partial charge is 0.301 e. The maximum Gasteiger partial charge on any atom is 0.301 e. The van der Waals surface area contributed by atoms with E-state index in [0.717, 1.165) is 40.4 Å². The van der Waals surface area contributed by atoms with Crippen LogP contribution in [0.3, 0.4) is 0 Å². The third-order valence-electron chi connectivity index (χ3n) is 6.92. The highest BCUT2D eigenvalue weighted by Gasteiger charge is 2.44. The lowest BCUT2D eigenvalue weighted by molar-refractivity contribution is 0.103. The van der Waals surface area contributed by atoms with Crippen LogP contribution in [0.4, 0.5) is 14.5 Å². The number of carbonyl (C=O) groups is 1. The van der Waals surface area contributed by atoms with E-state index in [1.807, 2.05) is 24.3 Å². The number of nitrogens with one attached hydrogen (secondary N) is 2. The fraction of sp³-hybridized carbons (Fsp3) is 0.222. The fourth-order valence-electron chi connectivity index (χ4n) is 4.28. The molecule has 194 valence electrons. The molecule has 0 saturated heterocycles. The van der Waals surface area contributed by atoms with Crippen LogP contribution in [0.2, 0.25) is 0 Å². The maximum absolute atomic E-state index is 15.3. The Bertz CT molecular complexity index is 1720. The van der Waals surface area contributed by atoms with Crippen molar-refractivity contribution in [1.29, 1.82) is 5.26 Å². The lowest BCUT2D eigenvalue weighted by atomic mass is 9.95. The van der Waals surface area contributed by atoms with E-state index in [4.69, 9.17) is 0 Å². The van der Waals surface area contributed by atoms with Gasteiger partial charge in [-0.15, -0.1) is 0 Å². The van der Waals surface area contributed by atoms with Gasteiger partial charge in [-0.05, 0) is 42.2 Å². The second-order valence-corrected chi connectivity index (χ2v) is 11.0. The van der Waals surface area contributed by atoms with Crippen LogP contribution < -0.4 is 4.72 Å². The molecule has 4 aromatic rings. The summed E-state index contributed by atoms with van der Waals surface area (Å²) in [5, 5.41) is 9.78. The summed E-state index contributed by atoms with van der Waals surface area (Å²) >= 11 is 0. The molecule has 0 spiro atoms. The number of rotatable bonds is 8. The topological polar surface area (TPSA) is 119 Å². The molecule has 0 amide bonds. The van der Waals surface area contributed by atoms with E-state index in [2.05, 4.69) is 20.8 Å². The average molecular weight is 536 g/mol. The Kier molecular flexibility index (Phi) is 6.25. The number of hydrogen-bond donors (Lipinski definition) is 2. The van der Waals surface area contributed by atoms with Crippen molar-refractivity contribution < 1.29 is 22.0 Å². The van der Waals surface area contributed by atoms with Gasteiger partial charge < -0.3 is 4.98 Å². The van der Waals surface area contributed by atoms with Crippen LogP contribution in [-0.4, -0.2) is 42.1 Å². The Morgan fingerprint density at radius 2 is 1.89 bits per heavy atom. The van der Waals surface area contributed by atoms with Crippen LogP contribution in [0.25, 0.3) is 22.2 Å². The van der Waals surface area contributed by atoms with Gasteiger partial charge in [0.05, 0.1) is 22.7 Å². The van der Waals surface area contributed by atoms with Crippen LogP contribution in [0, 0.1) is 23.0 Å². The van der Waals surface area contributed by atoms with Crippen LogP contribution in [0.1, 0.15) is 41.3 Å². The zero-order valence-corrected chi connectivity index (χ0v) is 21.4. The highest BCUT2D eigenvalue weighted by Crippen LogP contribution is 2.47. The van der Waals surface area contributed by atoms with Crippen molar-refractivity contribution in [3.05, 3.63) is 83.2 Å². The van der Waals surface area contributed by atoms with Crippen molar-refractivity contribution in [2.24, 2.45) is 0 Å². The zero-order valence-electron chi connectivity index (χ0n) is 20.5. The summed E-state index contributed by atoms with van der Waals surface area (Å²) < 4.78 is 57.8. The third-order valence-corrected chi connectivity index (χ3v) is 8.48. The highest BCUT2D eigenvalue weighted by atomic mass is 32.2. The van der Waals surface area contributed by atoms with Gasteiger partial charge in [0, 0.05) is 42.5 Å². The number of carbonyl (C=O) groups excluding carboxylic acids is 1. The first kappa shape index (κ1) is 25.5. The van der Waals surface area contributed by atoms with Crippen molar-refractivity contribution in [3.8, 4) is 17.2 Å². The first-order valence-corrected chi connectivity index (χ1v) is 13.3. The molecule has 8 nitrogen and oxygen atoms in total. The number of hydrogen-bond acceptors (Lipinski definition) is 5. The number of ketones is 1. The van der Waals surface area contributed by atoms with Gasteiger partial charge in [-0.2, -0.15) is 18.0 Å². The minimum absolute atomic E-state index is 0.0177. The van der Waals surface area contributed by atoms with Crippen LogP contribution >= 0.6 is 0 Å². The summed E-state index contributed by atoms with van der Waals surface area (Å²) in [6, 6.07) is 13.3. The summed E-state index contributed by atoms with van der Waals surface area (Å²) in [6.45, 7) is 1.72. The summed E-state index contributed by atoms with van der Waals surface area (Å²) in [5.74, 6) is -3.40. The molecule has 0 radical (unpaired) electrons. The minimum atomic E-state index is -4.10. The molecule has 1 fully saturated rings. The van der Waals surface area contributed by atoms with Gasteiger partial charge in [-0.1, -0.05) is 31.2 Å². The molecule has 0 unspecified atom stereocenters. The minimum Gasteiger partial charge on any atom is -0.345 e. The molecule has 38 heavy (non-hydrogen) atoms. The Morgan fingerprint density at radius 3 is 2.53 bits per heavy atom. The Morgan fingerprint density at radius 1 is 1.18 bits per heavy atom. The SMILES string of the molecule is CCN(C)S(=O)(=O)Nc1ccc(F)c(C(=O)c2c[nH]c3ncc(-c4ccc(C5(C#N)CC5)cc4)cc23)c1F. The van der Waals surface area contributed by atoms with Crippen LogP contribution in [0.15, 0.2) is 54.9 Å². The molecule has 0 bridgehead atoms. The number of H-pyrrole nitrogens is 1. The maximum atomic E-state index is 15.3. The van der Waals surface area contributed by atoms with E-state index in [1.165, 1.54) is 13.2 Å². The van der Waals surface area contributed by atoms with Gasteiger partial charge in [0.15, 0.2) is 5.82 Å². The second kappa shape index (κ2) is 9.31. The number of aromatic nitrogens is 2. The molecule has 1 aliphatic carbocycles. The monoisotopic (exact) mass is 535 g/mol. The number of halogens is 2. The highest BCUT2D eigenvalue weighted by molar-refractivity contribution is 7.90. The molecular weight excluding hydrogens is 512 g/mol. The van der Waals surface area contributed by atoms with Crippen molar-refractivity contribution in [3.63, 3.8) is 0 Å². The molecule has 2 heterocycles. The lowest BCUT2D eigenvalue weighted by Crippen LogP contribution is -2.32. The molecule has 2 aromatic heterocycles. The van der Waals surface area contributed by atoms with Gasteiger partial charge in [-0.25, -0.2) is 13.8 Å². The first-order valence-electron chi connectivity index (χ1n) is 11.9. The van der Waals surface area contributed by atoms with Crippen molar-refractivity contribution in [2.75, 3.05) is 18.3 Å². The summed E-state index contributed by atoms with van der Waals surface area (Å²) in [7, 11) is -2.80. The standard InChI is InChI=1S/C27H23F2N5O3S/c1-3-34(2)38(36,37)33-22-9-8-21(28)23(24(22)29)25(35)20-14-32-26-19(20)12-17(13-31-26)16-4-6-18(7-5-16)27(15-30)10-11-27/h4-9,12-14,33H,3,10-11H2,1-2H3,(H,31,32). The Hall–Kier alpha value is -4.14. The van der Waals surface area contributed by atoms with E-state index in [-0.39, 0.29) is 12.1 Å². The van der Waals surface area contributed by atoms with E-state index in [9.17, 15) is 22.9 Å². The largest absolute Gasteiger partial charge is 0.345 e. The molecule has 5 rings (SSSR count). The number of aromatic amines is 1. The van der Waals surface area contributed by atoms with Crippen molar-refractivity contribution in [2.45, 2.75) is 25.2 Å². The van der Waals surface area contributed by atoms with Gasteiger partial charge in [0.1, 0.15) is 11.5 Å². The van der Waals surface area contributed by atoms with Gasteiger partial charge >= 0.3 is 10.2 Å². The first-order chi connectivity index (χ1) is 18.1. The Balaban J connectivity index is 1.51. The van der Waals surface area contributed by atoms with Crippen molar-refractivity contribution in [1.82, 2.24) is 14.3 Å². The molecule has 11 heteroatoms. The summed E-state index contributed by atoms with van der Waals surface area (Å²) in [4.78, 5) is 20.6. The summed E-state index contributed by atoms with van der Waals surface area (Å²) in [5.41, 5.74) is 0.903. The van der Waals surface area contributed by atoms with E-state index in [1.54, 1.807) is 19.2 Å². The number of anilines is 1. The number of nitrogens with zero attached hydrogens (tertiary/aromatic N) is 3. The molecule has 2 aromatic carbocycles. The molecule has 0 atom stereocenters. The summed E-state index contributed by atoms with van der Waals surface area (Å²) in [6.07, 6.45) is 4.59. The van der Waals surface area contributed by atoms with Gasteiger partial charge in [0.2, 0.25) is 5.78 Å². The van der Waals surface area contributed by atoms with Crippen molar-refractivity contribution >= 4 is 32.7 Å². The molecule has 0 aliphatic heterocycles. The third kappa shape index (κ3) is 4.31. The quantitative estimate of drug-likeness (QED) is 0.311. The predicted octanol–water partition coefficient (Wildman–Crippen LogP) is 4.90. The number of benzene rings is 2. The van der Waals surface area contributed by atoms with Gasteiger partial charge in [-0.3, -0.25) is 9.52 Å². The van der Waals surface area contributed by atoms with E-state index >= 15 is 4.39 Å². The second-order valence-electron chi connectivity index (χ2n) is 9.23. The average Bonchev–Trinajstić information content (AvgIpc) is 3.61. The van der Waals surface area contributed by atoms with Gasteiger partial charge in [0.25, 0.3) is 0 Å². The molecular formula is C27H23F2N5O3S. The van der Waals surface area contributed by atoms with E-state index < -0.39 is 44.3 Å². The molecule has 1 saturated carbocycles. The van der Waals surface area contributed by atoms with Crippen LogP contribution in [0.5, 0.6) is 0 Å². The number of pyridine rings is 1. The number of nitriles is 1. The zero-order chi connectivity index (χ0) is 27.2. The Labute approximate surface area is 218 Å². The molecule has 1 aliphatic rings. The fourth-order valence-corrected chi connectivity index (χ4v) is 5.21. The number of fused-ring (bicyclic) bond motifs is 1. The molecule has 2 N–H and O–H groups in total. The lowest BCUT2D eigenvalue weighted by Gasteiger charge is -2.17.